The third kappa shape index (κ3) is 3.79. The lowest BCUT2D eigenvalue weighted by Gasteiger charge is -2.02. The van der Waals surface area contributed by atoms with Gasteiger partial charge >= 0.3 is 0 Å². The van der Waals surface area contributed by atoms with Gasteiger partial charge in [-0.25, -0.2) is 0 Å². The summed E-state index contributed by atoms with van der Waals surface area (Å²) in [4.78, 5) is 14.2. The largest absolute Gasteiger partial charge is 0.508 e. The van der Waals surface area contributed by atoms with Gasteiger partial charge in [0, 0.05) is 33.9 Å². The average molecular weight is 351 g/mol. The number of hydrogen-bond acceptors (Lipinski definition) is 5. The summed E-state index contributed by atoms with van der Waals surface area (Å²) in [6.45, 7) is 0.0689. The quantitative estimate of drug-likeness (QED) is 0.501. The molecule has 0 aliphatic carbocycles. The van der Waals surface area contributed by atoms with E-state index >= 15 is 0 Å². The van der Waals surface area contributed by atoms with Gasteiger partial charge in [0.25, 0.3) is 5.69 Å². The highest BCUT2D eigenvalue weighted by Gasteiger charge is 2.09. The van der Waals surface area contributed by atoms with Crippen LogP contribution in [0.5, 0.6) is 11.5 Å². The first-order chi connectivity index (χ1) is 9.97. The lowest BCUT2D eigenvalue weighted by Crippen LogP contribution is -1.91. The summed E-state index contributed by atoms with van der Waals surface area (Å²) in [5.41, 5.74) is 0.743. The van der Waals surface area contributed by atoms with Gasteiger partial charge in [-0.2, -0.15) is 0 Å². The minimum atomic E-state index is -0.535. The number of nitrogens with zero attached hydrogens (tertiary/aromatic N) is 2. The van der Waals surface area contributed by atoms with Crippen molar-refractivity contribution < 1.29 is 15.1 Å². The van der Waals surface area contributed by atoms with Crippen molar-refractivity contribution in [2.75, 3.05) is 0 Å². The molecule has 0 unspecified atom stereocenters. The smallest absolute Gasteiger partial charge is 0.270 e. The number of nitro benzene ring substituents is 1. The molecular weight excluding hydrogens is 340 g/mol. The van der Waals surface area contributed by atoms with Crippen LogP contribution in [0.4, 0.5) is 5.69 Å². The molecule has 2 rings (SSSR count). The molecule has 2 aromatic carbocycles. The number of benzene rings is 2. The Labute approximate surface area is 128 Å². The van der Waals surface area contributed by atoms with Gasteiger partial charge in [-0.15, -0.1) is 0 Å². The summed E-state index contributed by atoms with van der Waals surface area (Å²) < 4.78 is 0.792. The second kappa shape index (κ2) is 6.36. The predicted molar refractivity (Wildman–Crippen MR) is 81.9 cm³/mol. The molecule has 7 heteroatoms. The van der Waals surface area contributed by atoms with Gasteiger partial charge in [-0.1, -0.05) is 15.9 Å². The minimum Gasteiger partial charge on any atom is -0.508 e. The first-order valence-corrected chi connectivity index (χ1v) is 6.71. The Morgan fingerprint density at radius 3 is 2.62 bits per heavy atom. The molecule has 0 aromatic heterocycles. The van der Waals surface area contributed by atoms with Crippen LogP contribution < -0.4 is 0 Å². The summed E-state index contributed by atoms with van der Waals surface area (Å²) in [5, 5.41) is 30.0. The molecule has 0 atom stereocenters. The fraction of sp³-hybridized carbons (Fsp3) is 0.0714. The monoisotopic (exact) mass is 350 g/mol. The lowest BCUT2D eigenvalue weighted by molar-refractivity contribution is -0.384. The lowest BCUT2D eigenvalue weighted by atomic mass is 10.1. The summed E-state index contributed by atoms with van der Waals surface area (Å²) in [6, 6.07) is 8.66. The van der Waals surface area contributed by atoms with Crippen molar-refractivity contribution in [1.29, 1.82) is 0 Å². The van der Waals surface area contributed by atoms with Gasteiger partial charge in [0.2, 0.25) is 0 Å². The zero-order valence-corrected chi connectivity index (χ0v) is 12.3. The summed E-state index contributed by atoms with van der Waals surface area (Å²) in [6.07, 6.45) is 1.44. The van der Waals surface area contributed by atoms with Crippen LogP contribution in [0.1, 0.15) is 11.1 Å². The molecule has 0 saturated heterocycles. The molecule has 0 heterocycles. The SMILES string of the molecule is O=[N+]([O-])c1ccc(O)c(CN=Cc2cc(Br)ccc2O)c1. The van der Waals surface area contributed by atoms with E-state index in [1.807, 2.05) is 0 Å². The molecule has 108 valence electrons. The van der Waals surface area contributed by atoms with E-state index in [1.54, 1.807) is 12.1 Å². The third-order valence-electron chi connectivity index (χ3n) is 2.76. The molecule has 0 fully saturated rings. The van der Waals surface area contributed by atoms with Crippen LogP contribution in [0.3, 0.4) is 0 Å². The highest BCUT2D eigenvalue weighted by atomic mass is 79.9. The van der Waals surface area contributed by atoms with E-state index in [0.717, 1.165) is 4.47 Å². The van der Waals surface area contributed by atoms with Crippen molar-refractivity contribution in [3.8, 4) is 11.5 Å². The van der Waals surface area contributed by atoms with Crippen molar-refractivity contribution in [2.45, 2.75) is 6.54 Å². The van der Waals surface area contributed by atoms with E-state index < -0.39 is 4.92 Å². The van der Waals surface area contributed by atoms with Crippen LogP contribution in [0, 0.1) is 10.1 Å². The molecule has 21 heavy (non-hydrogen) atoms. The summed E-state index contributed by atoms with van der Waals surface area (Å²) in [5.74, 6) is 0.0152. The molecule has 2 N–H and O–H groups in total. The Morgan fingerprint density at radius 1 is 1.19 bits per heavy atom. The molecule has 0 spiro atoms. The Kier molecular flexibility index (Phi) is 4.54. The van der Waals surface area contributed by atoms with Gasteiger partial charge in [0.05, 0.1) is 11.5 Å². The second-order valence-corrected chi connectivity index (χ2v) is 5.16. The highest BCUT2D eigenvalue weighted by Crippen LogP contribution is 2.24. The summed E-state index contributed by atoms with van der Waals surface area (Å²) in [7, 11) is 0. The fourth-order valence-corrected chi connectivity index (χ4v) is 2.06. The Hall–Kier alpha value is -2.41. The number of non-ortho nitro benzene ring substituents is 1. The molecule has 0 amide bonds. The van der Waals surface area contributed by atoms with E-state index in [1.165, 1.54) is 30.5 Å². The molecular formula is C14H11BrN2O4. The molecule has 0 aliphatic rings. The van der Waals surface area contributed by atoms with Crippen LogP contribution in [0.25, 0.3) is 0 Å². The average Bonchev–Trinajstić information content (AvgIpc) is 2.44. The van der Waals surface area contributed by atoms with Crippen LogP contribution in [0.2, 0.25) is 0 Å². The van der Waals surface area contributed by atoms with Crippen LogP contribution in [-0.2, 0) is 6.54 Å². The number of nitro groups is 1. The molecule has 2 aromatic rings. The zero-order valence-electron chi connectivity index (χ0n) is 10.7. The number of phenolic OH excluding ortho intramolecular Hbond substituents is 2. The number of aliphatic imine (C=N–C) groups is 1. The van der Waals surface area contributed by atoms with Gasteiger partial charge < -0.3 is 10.2 Å². The first kappa shape index (κ1) is 15.0. The van der Waals surface area contributed by atoms with E-state index in [2.05, 4.69) is 20.9 Å². The Bertz CT molecular complexity index is 716. The molecule has 0 bridgehead atoms. The van der Waals surface area contributed by atoms with Gasteiger partial charge in [0.15, 0.2) is 0 Å². The van der Waals surface area contributed by atoms with E-state index in [9.17, 15) is 20.3 Å². The Balaban J connectivity index is 2.19. The summed E-state index contributed by atoms with van der Waals surface area (Å²) >= 11 is 3.28. The van der Waals surface area contributed by atoms with E-state index in [0.29, 0.717) is 11.1 Å². The van der Waals surface area contributed by atoms with Crippen LogP contribution >= 0.6 is 15.9 Å². The van der Waals surface area contributed by atoms with Crippen molar-refractivity contribution in [3.63, 3.8) is 0 Å². The number of hydrogen-bond donors (Lipinski definition) is 2. The van der Waals surface area contributed by atoms with Gasteiger partial charge in [-0.3, -0.25) is 15.1 Å². The highest BCUT2D eigenvalue weighted by molar-refractivity contribution is 9.10. The van der Waals surface area contributed by atoms with Crippen molar-refractivity contribution in [2.24, 2.45) is 4.99 Å². The van der Waals surface area contributed by atoms with Crippen LogP contribution in [-0.4, -0.2) is 21.4 Å². The number of rotatable bonds is 4. The maximum absolute atomic E-state index is 10.7. The molecule has 0 saturated carbocycles. The molecule has 6 nitrogen and oxygen atoms in total. The van der Waals surface area contributed by atoms with Crippen molar-refractivity contribution in [3.05, 3.63) is 62.1 Å². The van der Waals surface area contributed by atoms with Crippen LogP contribution in [0.15, 0.2) is 45.9 Å². The molecule has 0 aliphatic heterocycles. The predicted octanol–water partition coefficient (Wildman–Crippen LogP) is 3.39. The zero-order chi connectivity index (χ0) is 15.4. The number of halogens is 1. The van der Waals surface area contributed by atoms with Crippen molar-refractivity contribution in [1.82, 2.24) is 0 Å². The first-order valence-electron chi connectivity index (χ1n) is 5.92. The number of aromatic hydroxyl groups is 2. The van der Waals surface area contributed by atoms with Gasteiger partial charge in [-0.05, 0) is 24.3 Å². The molecule has 0 radical (unpaired) electrons. The normalized spacial score (nSPS) is 10.9. The maximum atomic E-state index is 10.7. The van der Waals surface area contributed by atoms with E-state index in [4.69, 9.17) is 0 Å². The minimum absolute atomic E-state index is 0.0591. The number of phenols is 2. The second-order valence-electron chi connectivity index (χ2n) is 4.24. The van der Waals surface area contributed by atoms with Crippen molar-refractivity contribution >= 4 is 27.8 Å². The van der Waals surface area contributed by atoms with E-state index in [-0.39, 0.29) is 23.7 Å². The van der Waals surface area contributed by atoms with Gasteiger partial charge in [0.1, 0.15) is 11.5 Å². The topological polar surface area (TPSA) is 96.0 Å². The standard InChI is InChI=1S/C14H11BrN2O4/c15-11-1-3-13(18)9(5-11)7-16-8-10-6-12(17(20)21)2-4-14(10)19/h1-7,18-19H,8H2. The third-order valence-corrected chi connectivity index (χ3v) is 3.25. The Morgan fingerprint density at radius 2 is 1.90 bits per heavy atom. The maximum Gasteiger partial charge on any atom is 0.270 e. The fourth-order valence-electron chi connectivity index (χ4n) is 1.68.